The van der Waals surface area contributed by atoms with Crippen molar-refractivity contribution in [1.29, 1.82) is 0 Å². The van der Waals surface area contributed by atoms with Gasteiger partial charge in [0.15, 0.2) is 11.5 Å². The number of aromatic amines is 1. The molecule has 3 aromatic rings. The number of H-pyrrole nitrogens is 1. The number of pyridine rings is 1. The first-order valence-corrected chi connectivity index (χ1v) is 6.03. The van der Waals surface area contributed by atoms with Crippen LogP contribution >= 0.6 is 0 Å². The van der Waals surface area contributed by atoms with E-state index in [1.807, 2.05) is 37.2 Å². The Morgan fingerprint density at radius 1 is 1.21 bits per heavy atom. The molecule has 0 fully saturated rings. The van der Waals surface area contributed by atoms with Gasteiger partial charge in [-0.3, -0.25) is 0 Å². The topological polar surface area (TPSA) is 70.6 Å². The molecule has 3 heterocycles. The fraction of sp³-hybridized carbons (Fsp3) is 0.231. The van der Waals surface area contributed by atoms with Crippen LogP contribution in [0.1, 0.15) is 11.5 Å². The summed E-state index contributed by atoms with van der Waals surface area (Å²) in [5.41, 5.74) is 2.36. The summed E-state index contributed by atoms with van der Waals surface area (Å²) in [5.74, 6) is 1.72. The standard InChI is InChI=1S/C13H14N6/c1-9-13(19(2)8-11-14-6-7-15-11)18-12-10(17-9)4-3-5-16-12/h3-7H,8H2,1-2H3,(H,14,15). The lowest BCUT2D eigenvalue weighted by molar-refractivity contribution is 0.835. The molecule has 3 rings (SSSR count). The van der Waals surface area contributed by atoms with E-state index in [1.165, 1.54) is 0 Å². The number of fused-ring (bicyclic) bond motifs is 1. The zero-order valence-corrected chi connectivity index (χ0v) is 10.8. The van der Waals surface area contributed by atoms with Gasteiger partial charge in [0.05, 0.1) is 12.2 Å². The monoisotopic (exact) mass is 254 g/mol. The fourth-order valence-electron chi connectivity index (χ4n) is 2.02. The lowest BCUT2D eigenvalue weighted by Gasteiger charge is -2.18. The van der Waals surface area contributed by atoms with Gasteiger partial charge in [0.1, 0.15) is 11.3 Å². The minimum atomic E-state index is 0.654. The highest BCUT2D eigenvalue weighted by Crippen LogP contribution is 2.18. The highest BCUT2D eigenvalue weighted by Gasteiger charge is 2.11. The van der Waals surface area contributed by atoms with E-state index in [0.717, 1.165) is 22.9 Å². The normalized spacial score (nSPS) is 10.8. The predicted molar refractivity (Wildman–Crippen MR) is 72.8 cm³/mol. The zero-order chi connectivity index (χ0) is 13.2. The van der Waals surface area contributed by atoms with Gasteiger partial charge in [-0.05, 0) is 19.1 Å². The van der Waals surface area contributed by atoms with Crippen LogP contribution in [0.3, 0.4) is 0 Å². The van der Waals surface area contributed by atoms with E-state index >= 15 is 0 Å². The van der Waals surface area contributed by atoms with Crippen LogP contribution in [0.5, 0.6) is 0 Å². The number of aromatic nitrogens is 5. The Kier molecular flexibility index (Phi) is 2.83. The smallest absolute Gasteiger partial charge is 0.180 e. The number of rotatable bonds is 3. The molecule has 0 saturated heterocycles. The molecule has 0 aromatic carbocycles. The zero-order valence-electron chi connectivity index (χ0n) is 10.8. The van der Waals surface area contributed by atoms with E-state index in [4.69, 9.17) is 0 Å². The number of hydrogen-bond acceptors (Lipinski definition) is 5. The second-order valence-corrected chi connectivity index (χ2v) is 4.37. The average Bonchev–Trinajstić information content (AvgIpc) is 2.90. The van der Waals surface area contributed by atoms with Crippen LogP contribution in [-0.2, 0) is 6.54 Å². The minimum Gasteiger partial charge on any atom is -0.351 e. The number of hydrogen-bond donors (Lipinski definition) is 1. The van der Waals surface area contributed by atoms with Crippen LogP contribution < -0.4 is 4.90 Å². The molecule has 0 saturated carbocycles. The molecule has 0 spiro atoms. The van der Waals surface area contributed by atoms with Gasteiger partial charge in [-0.1, -0.05) is 0 Å². The largest absolute Gasteiger partial charge is 0.351 e. The second kappa shape index (κ2) is 4.64. The van der Waals surface area contributed by atoms with E-state index in [0.29, 0.717) is 12.2 Å². The summed E-state index contributed by atoms with van der Waals surface area (Å²) < 4.78 is 0. The van der Waals surface area contributed by atoms with E-state index in [2.05, 4.69) is 24.9 Å². The van der Waals surface area contributed by atoms with Gasteiger partial charge < -0.3 is 9.88 Å². The Hall–Kier alpha value is -2.50. The maximum absolute atomic E-state index is 4.57. The van der Waals surface area contributed by atoms with Crippen LogP contribution in [0.4, 0.5) is 5.82 Å². The summed E-state index contributed by atoms with van der Waals surface area (Å²) in [5, 5.41) is 0. The third kappa shape index (κ3) is 2.24. The molecule has 6 heteroatoms. The van der Waals surface area contributed by atoms with Crippen molar-refractivity contribution in [2.45, 2.75) is 13.5 Å². The van der Waals surface area contributed by atoms with Gasteiger partial charge in [0.25, 0.3) is 0 Å². The van der Waals surface area contributed by atoms with Gasteiger partial charge >= 0.3 is 0 Å². The van der Waals surface area contributed by atoms with Crippen molar-refractivity contribution >= 4 is 17.0 Å². The van der Waals surface area contributed by atoms with E-state index in [9.17, 15) is 0 Å². The lowest BCUT2D eigenvalue weighted by Crippen LogP contribution is -2.20. The van der Waals surface area contributed by atoms with Crippen molar-refractivity contribution in [1.82, 2.24) is 24.9 Å². The van der Waals surface area contributed by atoms with Crippen molar-refractivity contribution in [3.8, 4) is 0 Å². The molecule has 0 aliphatic heterocycles. The Morgan fingerprint density at radius 2 is 2.11 bits per heavy atom. The van der Waals surface area contributed by atoms with Crippen LogP contribution in [-0.4, -0.2) is 32.0 Å². The summed E-state index contributed by atoms with van der Waals surface area (Å²) in [6, 6.07) is 3.78. The molecule has 3 aromatic heterocycles. The summed E-state index contributed by atoms with van der Waals surface area (Å²) >= 11 is 0. The first kappa shape index (κ1) is 11.6. The summed E-state index contributed by atoms with van der Waals surface area (Å²) in [7, 11) is 1.97. The molecular formula is C13H14N6. The Bertz CT molecular complexity index is 691. The molecule has 0 amide bonds. The molecule has 6 nitrogen and oxygen atoms in total. The van der Waals surface area contributed by atoms with Crippen molar-refractivity contribution in [3.63, 3.8) is 0 Å². The number of aryl methyl sites for hydroxylation is 1. The Morgan fingerprint density at radius 3 is 2.89 bits per heavy atom. The minimum absolute atomic E-state index is 0.654. The molecule has 19 heavy (non-hydrogen) atoms. The van der Waals surface area contributed by atoms with Crippen LogP contribution in [0.25, 0.3) is 11.2 Å². The molecule has 0 atom stereocenters. The number of nitrogens with one attached hydrogen (secondary N) is 1. The van der Waals surface area contributed by atoms with Crippen LogP contribution in [0.2, 0.25) is 0 Å². The molecule has 1 N–H and O–H groups in total. The van der Waals surface area contributed by atoms with Crippen LogP contribution in [0, 0.1) is 6.92 Å². The van der Waals surface area contributed by atoms with Crippen molar-refractivity contribution in [2.75, 3.05) is 11.9 Å². The van der Waals surface area contributed by atoms with Gasteiger partial charge in [0, 0.05) is 25.6 Å². The Balaban J connectivity index is 1.97. The molecule has 0 aliphatic rings. The average molecular weight is 254 g/mol. The third-order valence-corrected chi connectivity index (χ3v) is 2.89. The highest BCUT2D eigenvalue weighted by atomic mass is 15.2. The molecule has 0 aliphatic carbocycles. The van der Waals surface area contributed by atoms with Gasteiger partial charge in [-0.2, -0.15) is 0 Å². The molecule has 0 bridgehead atoms. The molecule has 0 unspecified atom stereocenters. The van der Waals surface area contributed by atoms with E-state index in [-0.39, 0.29) is 0 Å². The summed E-state index contributed by atoms with van der Waals surface area (Å²) in [6.07, 6.45) is 5.27. The van der Waals surface area contributed by atoms with Crippen LogP contribution in [0.15, 0.2) is 30.7 Å². The number of nitrogens with zero attached hydrogens (tertiary/aromatic N) is 5. The summed E-state index contributed by atoms with van der Waals surface area (Å²) in [6.45, 7) is 2.61. The second-order valence-electron chi connectivity index (χ2n) is 4.37. The molecular weight excluding hydrogens is 240 g/mol. The van der Waals surface area contributed by atoms with E-state index in [1.54, 1.807) is 12.4 Å². The summed E-state index contributed by atoms with van der Waals surface area (Å²) in [4.78, 5) is 22.6. The first-order valence-electron chi connectivity index (χ1n) is 6.03. The Labute approximate surface area is 110 Å². The third-order valence-electron chi connectivity index (χ3n) is 2.89. The molecule has 0 radical (unpaired) electrons. The number of imidazole rings is 1. The first-order chi connectivity index (χ1) is 9.24. The van der Waals surface area contributed by atoms with Gasteiger partial charge in [0.2, 0.25) is 0 Å². The van der Waals surface area contributed by atoms with Crippen molar-refractivity contribution in [2.24, 2.45) is 0 Å². The highest BCUT2D eigenvalue weighted by molar-refractivity contribution is 5.72. The fourth-order valence-corrected chi connectivity index (χ4v) is 2.02. The predicted octanol–water partition coefficient (Wildman–Crippen LogP) is 1.69. The van der Waals surface area contributed by atoms with Gasteiger partial charge in [-0.15, -0.1) is 0 Å². The lowest BCUT2D eigenvalue weighted by atomic mass is 10.3. The number of anilines is 1. The van der Waals surface area contributed by atoms with Gasteiger partial charge in [-0.25, -0.2) is 19.9 Å². The van der Waals surface area contributed by atoms with E-state index < -0.39 is 0 Å². The quantitative estimate of drug-likeness (QED) is 0.770. The van der Waals surface area contributed by atoms with Crippen molar-refractivity contribution < 1.29 is 0 Å². The maximum Gasteiger partial charge on any atom is 0.180 e. The SMILES string of the molecule is Cc1nc2cccnc2nc1N(C)Cc1ncc[nH]1. The maximum atomic E-state index is 4.57. The van der Waals surface area contributed by atoms with Crippen molar-refractivity contribution in [3.05, 3.63) is 42.2 Å². The molecule has 96 valence electrons.